The predicted molar refractivity (Wildman–Crippen MR) is 101 cm³/mol. The van der Waals surface area contributed by atoms with Crippen molar-refractivity contribution >= 4 is 0 Å². The van der Waals surface area contributed by atoms with Crippen molar-refractivity contribution in [1.82, 2.24) is 19.8 Å². The molecule has 2 aromatic carbocycles. The third-order valence-electron chi connectivity index (χ3n) is 4.83. The lowest BCUT2D eigenvalue weighted by Crippen LogP contribution is -2.23. The molecule has 0 bridgehead atoms. The van der Waals surface area contributed by atoms with Crippen LogP contribution in [0.5, 0.6) is 11.5 Å². The molecule has 1 fully saturated rings. The van der Waals surface area contributed by atoms with Crippen molar-refractivity contribution in [2.24, 2.45) is 7.05 Å². The van der Waals surface area contributed by atoms with E-state index in [1.54, 1.807) is 6.07 Å². The number of hydrogen-bond acceptors (Lipinski definition) is 5. The standard InChI is InChI=1S/C20H20F2N4O3/c1-12-6-9-17(14(10-12)13-7-8-13)28-11-15-16(26-20(27)25(2)23-24-26)4-3-5-18(15)29-19(21)22/h3-6,9-10,13,19H,7-8,11H2,1-2H3. The molecule has 7 nitrogen and oxygen atoms in total. The Bertz CT molecular complexity index is 1090. The van der Waals surface area contributed by atoms with Gasteiger partial charge < -0.3 is 9.47 Å². The molecule has 0 saturated heterocycles. The largest absolute Gasteiger partial charge is 0.488 e. The van der Waals surface area contributed by atoms with Gasteiger partial charge >= 0.3 is 12.3 Å². The normalized spacial score (nSPS) is 13.7. The Kier molecular flexibility index (Phi) is 5.04. The fraction of sp³-hybridized carbons (Fsp3) is 0.350. The molecule has 4 rings (SSSR count). The molecule has 29 heavy (non-hydrogen) atoms. The van der Waals surface area contributed by atoms with Crippen LogP contribution in [0, 0.1) is 6.92 Å². The summed E-state index contributed by atoms with van der Waals surface area (Å²) in [5.41, 5.74) is 2.30. The zero-order valence-corrected chi connectivity index (χ0v) is 16.0. The van der Waals surface area contributed by atoms with E-state index in [2.05, 4.69) is 21.2 Å². The predicted octanol–water partition coefficient (Wildman–Crippen LogP) is 3.33. The Morgan fingerprint density at radius 1 is 1.17 bits per heavy atom. The van der Waals surface area contributed by atoms with Gasteiger partial charge in [0.25, 0.3) is 0 Å². The van der Waals surface area contributed by atoms with E-state index in [1.807, 2.05) is 19.1 Å². The van der Waals surface area contributed by atoms with Crippen molar-refractivity contribution in [3.63, 3.8) is 0 Å². The van der Waals surface area contributed by atoms with Gasteiger partial charge in [-0.2, -0.15) is 18.1 Å². The molecule has 0 radical (unpaired) electrons. The van der Waals surface area contributed by atoms with Crippen molar-refractivity contribution < 1.29 is 18.3 Å². The average Bonchev–Trinajstić information content (AvgIpc) is 3.47. The van der Waals surface area contributed by atoms with Crippen molar-refractivity contribution in [3.05, 3.63) is 63.6 Å². The van der Waals surface area contributed by atoms with E-state index in [4.69, 9.17) is 4.74 Å². The summed E-state index contributed by atoms with van der Waals surface area (Å²) >= 11 is 0. The van der Waals surface area contributed by atoms with Crippen LogP contribution in [0.15, 0.2) is 41.2 Å². The molecular formula is C20H20F2N4O3. The van der Waals surface area contributed by atoms with Gasteiger partial charge in [-0.1, -0.05) is 23.8 Å². The van der Waals surface area contributed by atoms with Crippen LogP contribution in [-0.4, -0.2) is 26.4 Å². The number of hydrogen-bond donors (Lipinski definition) is 0. The summed E-state index contributed by atoms with van der Waals surface area (Å²) in [5.74, 6) is 1.08. The Hall–Kier alpha value is -3.23. The van der Waals surface area contributed by atoms with Gasteiger partial charge in [0.1, 0.15) is 18.1 Å². The topological polar surface area (TPSA) is 71.2 Å². The van der Waals surface area contributed by atoms with E-state index in [0.717, 1.165) is 33.3 Å². The third-order valence-corrected chi connectivity index (χ3v) is 4.83. The monoisotopic (exact) mass is 402 g/mol. The molecule has 3 aromatic rings. The summed E-state index contributed by atoms with van der Waals surface area (Å²) < 4.78 is 38.7. The molecule has 9 heteroatoms. The summed E-state index contributed by atoms with van der Waals surface area (Å²) in [7, 11) is 1.45. The summed E-state index contributed by atoms with van der Waals surface area (Å²) in [6.45, 7) is -1.06. The highest BCUT2D eigenvalue weighted by atomic mass is 19.3. The highest BCUT2D eigenvalue weighted by molar-refractivity contribution is 5.49. The van der Waals surface area contributed by atoms with Gasteiger partial charge in [-0.3, -0.25) is 0 Å². The lowest BCUT2D eigenvalue weighted by atomic mass is 10.1. The Balaban J connectivity index is 1.72. The second-order valence-electron chi connectivity index (χ2n) is 7.03. The van der Waals surface area contributed by atoms with E-state index >= 15 is 0 Å². The van der Waals surface area contributed by atoms with Crippen LogP contribution in [-0.2, 0) is 13.7 Å². The van der Waals surface area contributed by atoms with Gasteiger partial charge in [-0.05, 0) is 59.9 Å². The maximum atomic E-state index is 12.9. The molecule has 0 unspecified atom stereocenters. The van der Waals surface area contributed by atoms with Crippen LogP contribution in [0.3, 0.4) is 0 Å². The Morgan fingerprint density at radius 3 is 2.62 bits per heavy atom. The zero-order chi connectivity index (χ0) is 20.5. The fourth-order valence-electron chi connectivity index (χ4n) is 3.23. The lowest BCUT2D eigenvalue weighted by molar-refractivity contribution is -0.0508. The van der Waals surface area contributed by atoms with E-state index in [1.165, 1.54) is 19.2 Å². The first-order valence-electron chi connectivity index (χ1n) is 9.23. The minimum absolute atomic E-state index is 0.0655. The number of ether oxygens (including phenoxy) is 2. The summed E-state index contributed by atoms with van der Waals surface area (Å²) in [6.07, 6.45) is 2.20. The first-order chi connectivity index (χ1) is 13.9. The van der Waals surface area contributed by atoms with Gasteiger partial charge in [0.2, 0.25) is 0 Å². The summed E-state index contributed by atoms with van der Waals surface area (Å²) in [6, 6.07) is 10.4. The van der Waals surface area contributed by atoms with Crippen LogP contribution in [0.2, 0.25) is 0 Å². The smallest absolute Gasteiger partial charge is 0.387 e. The van der Waals surface area contributed by atoms with Crippen LogP contribution in [0.4, 0.5) is 8.78 Å². The lowest BCUT2D eigenvalue weighted by Gasteiger charge is -2.17. The molecule has 0 N–H and O–H groups in total. The molecule has 0 amide bonds. The number of aromatic nitrogens is 4. The van der Waals surface area contributed by atoms with Gasteiger partial charge in [0.15, 0.2) is 0 Å². The number of aryl methyl sites for hydroxylation is 2. The van der Waals surface area contributed by atoms with E-state index in [9.17, 15) is 13.6 Å². The fourth-order valence-corrected chi connectivity index (χ4v) is 3.23. The van der Waals surface area contributed by atoms with Crippen molar-refractivity contribution in [2.45, 2.75) is 38.9 Å². The molecule has 1 heterocycles. The molecule has 1 aliphatic rings. The van der Waals surface area contributed by atoms with E-state index in [0.29, 0.717) is 11.7 Å². The van der Waals surface area contributed by atoms with Crippen LogP contribution in [0.25, 0.3) is 5.69 Å². The summed E-state index contributed by atoms with van der Waals surface area (Å²) in [5, 5.41) is 7.49. The molecule has 1 saturated carbocycles. The minimum Gasteiger partial charge on any atom is -0.488 e. The van der Waals surface area contributed by atoms with Crippen molar-refractivity contribution in [1.29, 1.82) is 0 Å². The summed E-state index contributed by atoms with van der Waals surface area (Å²) in [4.78, 5) is 12.3. The van der Waals surface area contributed by atoms with Gasteiger partial charge in [0, 0.05) is 7.05 Å². The molecule has 1 aliphatic carbocycles. The minimum atomic E-state index is -3.01. The second-order valence-corrected chi connectivity index (χ2v) is 7.03. The first-order valence-corrected chi connectivity index (χ1v) is 9.23. The number of tetrazole rings is 1. The Morgan fingerprint density at radius 2 is 1.97 bits per heavy atom. The maximum absolute atomic E-state index is 12.9. The van der Waals surface area contributed by atoms with E-state index < -0.39 is 12.3 Å². The average molecular weight is 402 g/mol. The number of nitrogens with zero attached hydrogens (tertiary/aromatic N) is 4. The zero-order valence-electron chi connectivity index (χ0n) is 16.0. The second kappa shape index (κ2) is 7.65. The Labute approximate surface area is 165 Å². The molecule has 0 atom stereocenters. The number of rotatable bonds is 7. The molecule has 0 aliphatic heterocycles. The number of alkyl halides is 2. The quantitative estimate of drug-likeness (QED) is 0.606. The SMILES string of the molecule is Cc1ccc(OCc2c(OC(F)F)cccc2-n2nnn(C)c2=O)c(C2CC2)c1. The molecule has 0 spiro atoms. The maximum Gasteiger partial charge on any atom is 0.387 e. The third kappa shape index (κ3) is 3.98. The molecular weight excluding hydrogens is 382 g/mol. The van der Waals surface area contributed by atoms with Crippen LogP contribution in [0.1, 0.15) is 35.4 Å². The van der Waals surface area contributed by atoms with Crippen molar-refractivity contribution in [3.8, 4) is 17.2 Å². The molecule has 152 valence electrons. The van der Waals surface area contributed by atoms with Crippen molar-refractivity contribution in [2.75, 3.05) is 0 Å². The van der Waals surface area contributed by atoms with Gasteiger partial charge in [-0.15, -0.1) is 0 Å². The number of halogens is 2. The van der Waals surface area contributed by atoms with Gasteiger partial charge in [0.05, 0.1) is 11.3 Å². The number of benzene rings is 2. The molecule has 1 aromatic heterocycles. The highest BCUT2D eigenvalue weighted by Gasteiger charge is 2.27. The van der Waals surface area contributed by atoms with E-state index in [-0.39, 0.29) is 23.6 Å². The van der Waals surface area contributed by atoms with Gasteiger partial charge in [-0.25, -0.2) is 4.79 Å². The van der Waals surface area contributed by atoms with Crippen LogP contribution >= 0.6 is 0 Å². The first kappa shape index (κ1) is 19.1. The van der Waals surface area contributed by atoms with Crippen LogP contribution < -0.4 is 15.2 Å². The highest BCUT2D eigenvalue weighted by Crippen LogP contribution is 2.45.